The number of imidazole rings is 1. The van der Waals surface area contributed by atoms with E-state index in [0.717, 1.165) is 24.0 Å². The van der Waals surface area contributed by atoms with Crippen molar-refractivity contribution < 1.29 is 4.92 Å². The quantitative estimate of drug-likeness (QED) is 0.305. The van der Waals surface area contributed by atoms with Crippen molar-refractivity contribution in [2.45, 2.75) is 38.1 Å². The van der Waals surface area contributed by atoms with Gasteiger partial charge in [0.25, 0.3) is 5.70 Å². The molecule has 0 aliphatic heterocycles. The topological polar surface area (TPSA) is 61.0 Å². The lowest BCUT2D eigenvalue weighted by molar-refractivity contribution is -0.378. The Morgan fingerprint density at radius 3 is 2.60 bits per heavy atom. The summed E-state index contributed by atoms with van der Waals surface area (Å²) in [5.74, 6) is 0. The van der Waals surface area contributed by atoms with Crippen molar-refractivity contribution in [2.24, 2.45) is 0 Å². The number of hydrogen-bond donors (Lipinski definition) is 0. The molecule has 0 radical (unpaired) electrons. The number of rotatable bonds is 5. The predicted molar refractivity (Wildman–Crippen MR) is 91.6 cm³/mol. The van der Waals surface area contributed by atoms with Crippen LogP contribution in [0.25, 0.3) is 11.8 Å². The second-order valence-corrected chi connectivity index (χ2v) is 7.70. The molecule has 0 unspecified atom stereocenters. The summed E-state index contributed by atoms with van der Waals surface area (Å²) in [5.41, 5.74) is 0.885. The summed E-state index contributed by atoms with van der Waals surface area (Å²) in [6.45, 7) is 6.86. The molecule has 0 N–H and O–H groups in total. The number of aromatic nitrogens is 2. The molecular weight excluding hydrogens is 389 g/mol. The monoisotopic (exact) mass is 405 g/mol. The van der Waals surface area contributed by atoms with Gasteiger partial charge < -0.3 is 4.57 Å². The van der Waals surface area contributed by atoms with Gasteiger partial charge in [-0.3, -0.25) is 10.1 Å². The molecule has 5 nitrogen and oxygen atoms in total. The Morgan fingerprint density at radius 1 is 1.60 bits per heavy atom. The van der Waals surface area contributed by atoms with E-state index in [0.29, 0.717) is 5.35 Å². The zero-order valence-corrected chi connectivity index (χ0v) is 15.3. The fraction of sp³-hybridized carbons (Fsp3) is 0.583. The van der Waals surface area contributed by atoms with Gasteiger partial charge in [0.05, 0.1) is 21.3 Å². The van der Waals surface area contributed by atoms with Crippen LogP contribution in [0.2, 0.25) is 0 Å². The standard InChI is InChI=1S/C12H18BBr2N3O2/c1-4-5-17-8(6-12(2,3)15)10(16-11(17)13)9(7-14)18(19)20/h6H,4-5,7,13H2,1-3H3/b8-6+,10-9-. The van der Waals surface area contributed by atoms with Crippen LogP contribution in [0.3, 0.4) is 0 Å². The van der Waals surface area contributed by atoms with E-state index in [1.165, 1.54) is 0 Å². The first-order chi connectivity index (χ1) is 9.21. The smallest absolute Gasteiger partial charge is 0.284 e. The van der Waals surface area contributed by atoms with Crippen LogP contribution in [-0.4, -0.2) is 32.0 Å². The van der Waals surface area contributed by atoms with E-state index in [1.54, 1.807) is 0 Å². The summed E-state index contributed by atoms with van der Waals surface area (Å²) in [6.07, 6.45) is 2.92. The minimum Gasteiger partial charge on any atom is -0.337 e. The summed E-state index contributed by atoms with van der Waals surface area (Å²) < 4.78 is 1.78. The third-order valence-corrected chi connectivity index (χ3v) is 3.51. The highest BCUT2D eigenvalue weighted by Crippen LogP contribution is 2.16. The fourth-order valence-corrected chi connectivity index (χ4v) is 2.66. The number of halogens is 2. The summed E-state index contributed by atoms with van der Waals surface area (Å²) in [6, 6.07) is 0. The van der Waals surface area contributed by atoms with Gasteiger partial charge in [-0.05, 0) is 26.3 Å². The maximum atomic E-state index is 11.2. The first-order valence-corrected chi connectivity index (χ1v) is 8.31. The Morgan fingerprint density at radius 2 is 2.20 bits per heavy atom. The highest BCUT2D eigenvalue weighted by atomic mass is 79.9. The number of alkyl halides is 2. The molecule has 0 saturated heterocycles. The molecule has 0 spiro atoms. The van der Waals surface area contributed by atoms with Gasteiger partial charge in [0, 0.05) is 10.9 Å². The molecule has 0 amide bonds. The number of nitrogens with zero attached hydrogens (tertiary/aromatic N) is 3. The molecule has 0 bridgehead atoms. The van der Waals surface area contributed by atoms with Gasteiger partial charge >= 0.3 is 0 Å². The van der Waals surface area contributed by atoms with E-state index in [2.05, 4.69) is 43.8 Å². The maximum Gasteiger partial charge on any atom is 0.284 e. The van der Waals surface area contributed by atoms with Crippen LogP contribution >= 0.6 is 31.9 Å². The van der Waals surface area contributed by atoms with Crippen molar-refractivity contribution in [3.8, 4) is 0 Å². The minimum absolute atomic E-state index is 0.0888. The van der Waals surface area contributed by atoms with Crippen molar-refractivity contribution >= 4 is 57.2 Å². The van der Waals surface area contributed by atoms with Crippen molar-refractivity contribution in [2.75, 3.05) is 5.33 Å². The van der Waals surface area contributed by atoms with E-state index >= 15 is 0 Å². The van der Waals surface area contributed by atoms with E-state index in [9.17, 15) is 10.1 Å². The van der Waals surface area contributed by atoms with Crippen molar-refractivity contribution in [1.82, 2.24) is 9.55 Å². The highest BCUT2D eigenvalue weighted by Gasteiger charge is 2.18. The van der Waals surface area contributed by atoms with Crippen LogP contribution in [0, 0.1) is 10.1 Å². The van der Waals surface area contributed by atoms with Crippen molar-refractivity contribution in [3.63, 3.8) is 0 Å². The summed E-state index contributed by atoms with van der Waals surface area (Å²) in [5, 5.41) is 12.6. The maximum absolute atomic E-state index is 11.2. The molecule has 0 aliphatic carbocycles. The summed E-state index contributed by atoms with van der Waals surface area (Å²) in [7, 11) is 1.88. The van der Waals surface area contributed by atoms with Gasteiger partial charge in [-0.2, -0.15) is 0 Å². The van der Waals surface area contributed by atoms with Crippen LogP contribution in [0.1, 0.15) is 27.2 Å². The molecule has 1 aromatic heterocycles. The molecule has 0 aromatic carbocycles. The zero-order valence-electron chi connectivity index (χ0n) is 12.1. The molecular formula is C12H18BBr2N3O2. The van der Waals surface area contributed by atoms with E-state index in [1.807, 2.05) is 32.3 Å². The average molecular weight is 407 g/mol. The lowest BCUT2D eigenvalue weighted by atomic mass is 10.1. The molecule has 0 atom stereocenters. The summed E-state index contributed by atoms with van der Waals surface area (Å²) >= 11 is 6.75. The second-order valence-electron chi connectivity index (χ2n) is 5.09. The molecule has 8 heteroatoms. The third kappa shape index (κ3) is 4.18. The van der Waals surface area contributed by atoms with Crippen LogP contribution in [0.15, 0.2) is 0 Å². The molecule has 1 aromatic rings. The molecule has 0 aliphatic rings. The van der Waals surface area contributed by atoms with E-state index in [4.69, 9.17) is 0 Å². The fourth-order valence-electron chi connectivity index (χ4n) is 1.97. The van der Waals surface area contributed by atoms with Crippen LogP contribution in [0.5, 0.6) is 0 Å². The average Bonchev–Trinajstić information content (AvgIpc) is 2.57. The van der Waals surface area contributed by atoms with Gasteiger partial charge in [0.2, 0.25) is 0 Å². The number of hydrogen-bond acceptors (Lipinski definition) is 3. The van der Waals surface area contributed by atoms with E-state index in [-0.39, 0.29) is 20.3 Å². The Balaban J connectivity index is 3.84. The Bertz CT molecular complexity index is 620. The molecule has 0 saturated carbocycles. The SMILES string of the molecule is Bc1nc(=C(/CBr)[N+](=O)[O-])/c(=C\C(C)(C)Br)n1CCC. The van der Waals surface area contributed by atoms with Crippen molar-refractivity contribution in [1.29, 1.82) is 0 Å². The van der Waals surface area contributed by atoms with Crippen LogP contribution < -0.4 is 16.4 Å². The van der Waals surface area contributed by atoms with Crippen LogP contribution in [0.4, 0.5) is 0 Å². The van der Waals surface area contributed by atoms with E-state index < -0.39 is 0 Å². The normalized spacial score (nSPS) is 14.6. The van der Waals surface area contributed by atoms with Crippen molar-refractivity contribution in [3.05, 3.63) is 20.8 Å². The van der Waals surface area contributed by atoms with Gasteiger partial charge in [-0.25, -0.2) is 4.98 Å². The Hall–Kier alpha value is -0.625. The molecule has 0 fully saturated rings. The molecule has 110 valence electrons. The second kappa shape index (κ2) is 6.89. The van der Waals surface area contributed by atoms with Gasteiger partial charge in [0.1, 0.15) is 0 Å². The largest absolute Gasteiger partial charge is 0.337 e. The first-order valence-electron chi connectivity index (χ1n) is 6.39. The zero-order chi connectivity index (χ0) is 15.5. The number of nitro groups is 1. The highest BCUT2D eigenvalue weighted by molar-refractivity contribution is 9.10. The molecule has 1 heterocycles. The van der Waals surface area contributed by atoms with Gasteiger partial charge in [0.15, 0.2) is 13.2 Å². The van der Waals surface area contributed by atoms with Gasteiger partial charge in [-0.1, -0.05) is 38.8 Å². The third-order valence-electron chi connectivity index (χ3n) is 2.75. The Labute approximate surface area is 136 Å². The lowest BCUT2D eigenvalue weighted by Gasteiger charge is -2.10. The minimum atomic E-state index is -0.370. The predicted octanol–water partition coefficient (Wildman–Crippen LogP) is 0.285. The van der Waals surface area contributed by atoms with Gasteiger partial charge in [-0.15, -0.1) is 0 Å². The first kappa shape index (κ1) is 17.4. The molecule has 1 rings (SSSR count). The lowest BCUT2D eigenvalue weighted by Crippen LogP contribution is -2.37. The Kier molecular flexibility index (Phi) is 6.00. The molecule has 20 heavy (non-hydrogen) atoms. The summed E-state index contributed by atoms with van der Waals surface area (Å²) in [4.78, 5) is 15.2. The van der Waals surface area contributed by atoms with Crippen LogP contribution in [-0.2, 0) is 6.54 Å².